The molecule has 0 heterocycles. The van der Waals surface area contributed by atoms with E-state index in [4.69, 9.17) is 10.2 Å². The Balaban J connectivity index is 2.25. The number of carboxylic acids is 1. The van der Waals surface area contributed by atoms with Crippen LogP contribution in [0.15, 0.2) is 42.5 Å². The molecule has 5 nitrogen and oxygen atoms in total. The second kappa shape index (κ2) is 6.04. The second-order valence-corrected chi connectivity index (χ2v) is 4.35. The molecule has 0 bridgehead atoms. The summed E-state index contributed by atoms with van der Waals surface area (Å²) in [7, 11) is 0. The van der Waals surface area contributed by atoms with Crippen molar-refractivity contribution in [3.63, 3.8) is 0 Å². The van der Waals surface area contributed by atoms with Crippen LogP contribution in [0.25, 0.3) is 0 Å². The van der Waals surface area contributed by atoms with Crippen LogP contribution in [0.5, 0.6) is 5.75 Å². The minimum Gasteiger partial charge on any atom is -0.508 e. The fraction of sp³-hybridized carbons (Fsp3) is 0.0667. The normalized spacial score (nSPS) is 10.1. The summed E-state index contributed by atoms with van der Waals surface area (Å²) in [6.45, 7) is 0. The molecule has 0 saturated carbocycles. The standard InChI is InChI=1S/C15H12FNO4/c16-12-8-10(18)5-6-11(12)15(21)17-13-4-2-1-3-9(13)7-14(19)20/h1-6,8,18H,7H2,(H,17,21)(H,19,20). The van der Waals surface area contributed by atoms with Crippen LogP contribution >= 0.6 is 0 Å². The second-order valence-electron chi connectivity index (χ2n) is 4.35. The van der Waals surface area contributed by atoms with Gasteiger partial charge in [-0.2, -0.15) is 0 Å². The van der Waals surface area contributed by atoms with Crippen molar-refractivity contribution in [2.24, 2.45) is 0 Å². The van der Waals surface area contributed by atoms with Crippen molar-refractivity contribution >= 4 is 17.6 Å². The maximum absolute atomic E-state index is 13.6. The van der Waals surface area contributed by atoms with E-state index in [1.54, 1.807) is 18.2 Å². The Morgan fingerprint density at radius 3 is 2.52 bits per heavy atom. The summed E-state index contributed by atoms with van der Waals surface area (Å²) in [5, 5.41) is 20.4. The van der Waals surface area contributed by atoms with E-state index in [2.05, 4.69) is 5.32 Å². The van der Waals surface area contributed by atoms with Gasteiger partial charge in [-0.15, -0.1) is 0 Å². The molecule has 0 atom stereocenters. The van der Waals surface area contributed by atoms with Crippen molar-refractivity contribution in [3.05, 3.63) is 59.4 Å². The van der Waals surface area contributed by atoms with Crippen LogP contribution in [0.1, 0.15) is 15.9 Å². The van der Waals surface area contributed by atoms with Crippen LogP contribution in [0.2, 0.25) is 0 Å². The molecule has 2 aromatic carbocycles. The summed E-state index contributed by atoms with van der Waals surface area (Å²) >= 11 is 0. The number of amides is 1. The van der Waals surface area contributed by atoms with E-state index < -0.39 is 17.7 Å². The number of carboxylic acid groups (broad SMARTS) is 1. The number of para-hydroxylation sites is 1. The predicted molar refractivity (Wildman–Crippen MR) is 73.8 cm³/mol. The van der Waals surface area contributed by atoms with Crippen molar-refractivity contribution in [2.75, 3.05) is 5.32 Å². The number of hydrogen-bond acceptors (Lipinski definition) is 3. The summed E-state index contributed by atoms with van der Waals surface area (Å²) in [6.07, 6.45) is -0.255. The van der Waals surface area contributed by atoms with Gasteiger partial charge < -0.3 is 15.5 Å². The van der Waals surface area contributed by atoms with Gasteiger partial charge in [0.15, 0.2) is 0 Å². The molecule has 2 aromatic rings. The molecule has 3 N–H and O–H groups in total. The Hall–Kier alpha value is -2.89. The smallest absolute Gasteiger partial charge is 0.307 e. The molecular weight excluding hydrogens is 277 g/mol. The van der Waals surface area contributed by atoms with Crippen LogP contribution in [0, 0.1) is 5.82 Å². The van der Waals surface area contributed by atoms with Crippen LogP contribution in [-0.4, -0.2) is 22.1 Å². The fourth-order valence-electron chi connectivity index (χ4n) is 1.84. The molecule has 2 rings (SSSR count). The van der Waals surface area contributed by atoms with Gasteiger partial charge in [0.05, 0.1) is 12.0 Å². The van der Waals surface area contributed by atoms with Crippen LogP contribution < -0.4 is 5.32 Å². The monoisotopic (exact) mass is 289 g/mol. The Labute approximate surface area is 119 Å². The summed E-state index contributed by atoms with van der Waals surface area (Å²) < 4.78 is 13.6. The van der Waals surface area contributed by atoms with Crippen molar-refractivity contribution in [2.45, 2.75) is 6.42 Å². The highest BCUT2D eigenvalue weighted by Gasteiger charge is 2.14. The number of hydrogen-bond donors (Lipinski definition) is 3. The highest BCUT2D eigenvalue weighted by Crippen LogP contribution is 2.19. The zero-order chi connectivity index (χ0) is 15.4. The average Bonchev–Trinajstić information content (AvgIpc) is 2.40. The summed E-state index contributed by atoms with van der Waals surface area (Å²) in [4.78, 5) is 22.8. The molecule has 21 heavy (non-hydrogen) atoms. The van der Waals surface area contributed by atoms with Crippen molar-refractivity contribution in [1.82, 2.24) is 0 Å². The van der Waals surface area contributed by atoms with Gasteiger partial charge in [0.2, 0.25) is 0 Å². The maximum Gasteiger partial charge on any atom is 0.307 e. The van der Waals surface area contributed by atoms with Crippen molar-refractivity contribution in [1.29, 1.82) is 0 Å². The number of rotatable bonds is 4. The predicted octanol–water partition coefficient (Wildman–Crippen LogP) is 2.41. The van der Waals surface area contributed by atoms with E-state index in [1.807, 2.05) is 0 Å². The van der Waals surface area contributed by atoms with Gasteiger partial charge in [0.1, 0.15) is 11.6 Å². The summed E-state index contributed by atoms with van der Waals surface area (Å²) in [6, 6.07) is 9.56. The van der Waals surface area contributed by atoms with E-state index in [9.17, 15) is 14.0 Å². The average molecular weight is 289 g/mol. The lowest BCUT2D eigenvalue weighted by atomic mass is 10.1. The number of phenols is 1. The Kier molecular flexibility index (Phi) is 4.18. The largest absolute Gasteiger partial charge is 0.508 e. The van der Waals surface area contributed by atoms with Crippen LogP contribution in [0.4, 0.5) is 10.1 Å². The number of nitrogens with one attached hydrogen (secondary N) is 1. The Morgan fingerprint density at radius 1 is 1.14 bits per heavy atom. The van der Waals surface area contributed by atoms with Crippen molar-refractivity contribution in [3.8, 4) is 5.75 Å². The number of benzene rings is 2. The van der Waals surface area contributed by atoms with Gasteiger partial charge >= 0.3 is 5.97 Å². The first-order chi connectivity index (χ1) is 9.97. The molecule has 0 unspecified atom stereocenters. The Morgan fingerprint density at radius 2 is 1.86 bits per heavy atom. The number of aromatic hydroxyl groups is 1. The first kappa shape index (κ1) is 14.5. The molecule has 0 spiro atoms. The number of halogens is 1. The van der Waals surface area contributed by atoms with Gasteiger partial charge in [-0.3, -0.25) is 9.59 Å². The van der Waals surface area contributed by atoms with E-state index in [-0.39, 0.29) is 17.7 Å². The van der Waals surface area contributed by atoms with Crippen LogP contribution in [0.3, 0.4) is 0 Å². The molecule has 0 aliphatic heterocycles. The maximum atomic E-state index is 13.6. The zero-order valence-electron chi connectivity index (χ0n) is 10.8. The van der Waals surface area contributed by atoms with E-state index >= 15 is 0 Å². The molecule has 0 aliphatic carbocycles. The number of aliphatic carboxylic acids is 1. The number of carbonyl (C=O) groups is 2. The lowest BCUT2D eigenvalue weighted by Crippen LogP contribution is -2.15. The fourth-order valence-corrected chi connectivity index (χ4v) is 1.84. The van der Waals surface area contributed by atoms with E-state index in [0.29, 0.717) is 11.3 Å². The molecule has 0 aromatic heterocycles. The lowest BCUT2D eigenvalue weighted by molar-refractivity contribution is -0.136. The van der Waals surface area contributed by atoms with Gasteiger partial charge in [-0.1, -0.05) is 18.2 Å². The SMILES string of the molecule is O=C(O)Cc1ccccc1NC(=O)c1ccc(O)cc1F. The highest BCUT2D eigenvalue weighted by molar-refractivity contribution is 6.05. The lowest BCUT2D eigenvalue weighted by Gasteiger charge is -2.10. The molecule has 108 valence electrons. The molecule has 0 aliphatic rings. The highest BCUT2D eigenvalue weighted by atomic mass is 19.1. The first-order valence-corrected chi connectivity index (χ1v) is 6.07. The zero-order valence-corrected chi connectivity index (χ0v) is 10.8. The van der Waals surface area contributed by atoms with Gasteiger partial charge in [-0.05, 0) is 23.8 Å². The summed E-state index contributed by atoms with van der Waals surface area (Å²) in [5.41, 5.74) is 0.479. The molecule has 1 amide bonds. The molecule has 0 fully saturated rings. The van der Waals surface area contributed by atoms with Crippen molar-refractivity contribution < 1.29 is 24.2 Å². The first-order valence-electron chi connectivity index (χ1n) is 6.07. The molecule has 0 saturated heterocycles. The van der Waals surface area contributed by atoms with Gasteiger partial charge in [0.25, 0.3) is 5.91 Å². The van der Waals surface area contributed by atoms with Gasteiger partial charge in [0, 0.05) is 11.8 Å². The minimum absolute atomic E-state index is 0.238. The number of phenolic OH excluding ortho intramolecular Hbond substituents is 1. The third-order valence-electron chi connectivity index (χ3n) is 2.80. The van der Waals surface area contributed by atoms with Crippen LogP contribution in [-0.2, 0) is 11.2 Å². The molecule has 6 heteroatoms. The topological polar surface area (TPSA) is 86.6 Å². The number of carbonyl (C=O) groups excluding carboxylic acids is 1. The molecule has 0 radical (unpaired) electrons. The third kappa shape index (κ3) is 3.56. The quantitative estimate of drug-likeness (QED) is 0.806. The third-order valence-corrected chi connectivity index (χ3v) is 2.80. The van der Waals surface area contributed by atoms with Gasteiger partial charge in [-0.25, -0.2) is 4.39 Å². The number of anilines is 1. The minimum atomic E-state index is -1.03. The summed E-state index contributed by atoms with van der Waals surface area (Å²) in [5.74, 6) is -2.89. The molecular formula is C15H12FNO4. The van der Waals surface area contributed by atoms with E-state index in [0.717, 1.165) is 12.1 Å². The Bertz CT molecular complexity index is 700. The van der Waals surface area contributed by atoms with E-state index in [1.165, 1.54) is 12.1 Å².